The highest BCUT2D eigenvalue weighted by Crippen LogP contribution is 2.34. The lowest BCUT2D eigenvalue weighted by atomic mass is 10.2. The quantitative estimate of drug-likeness (QED) is 0.879. The smallest absolute Gasteiger partial charge is 0.221 e. The van der Waals surface area contributed by atoms with E-state index in [9.17, 15) is 0 Å². The number of ether oxygens (including phenoxy) is 1. The van der Waals surface area contributed by atoms with Gasteiger partial charge in [-0.1, -0.05) is 6.07 Å². The molecule has 1 aliphatic rings. The Kier molecular flexibility index (Phi) is 4.10. The van der Waals surface area contributed by atoms with Crippen molar-refractivity contribution in [3.05, 3.63) is 30.5 Å². The van der Waals surface area contributed by atoms with E-state index in [-0.39, 0.29) is 0 Å². The lowest BCUT2D eigenvalue weighted by Gasteiger charge is -2.32. The highest BCUT2D eigenvalue weighted by molar-refractivity contribution is 7.97. The number of rotatable bonds is 3. The van der Waals surface area contributed by atoms with Crippen LogP contribution >= 0.6 is 11.9 Å². The topological polar surface area (TPSA) is 37.4 Å². The molecule has 0 aliphatic carbocycles. The van der Waals surface area contributed by atoms with Crippen molar-refractivity contribution < 1.29 is 4.74 Å². The number of nitrogens with zero attached hydrogens (tertiary/aromatic N) is 2. The second-order valence-electron chi connectivity index (χ2n) is 4.96. The molecule has 1 aromatic carbocycles. The number of pyridine rings is 1. The Bertz CT molecular complexity index is 605. The molecule has 4 nitrogen and oxygen atoms in total. The summed E-state index contributed by atoms with van der Waals surface area (Å²) in [6.45, 7) is 5.41. The lowest BCUT2D eigenvalue weighted by molar-refractivity contribution is 0.309. The number of methoxy groups -OCH3 is 1. The summed E-state index contributed by atoms with van der Waals surface area (Å²) in [4.78, 5) is 5.53. The molecule has 2 heterocycles. The number of piperazine rings is 1. The van der Waals surface area contributed by atoms with Crippen LogP contribution < -0.4 is 10.1 Å². The zero-order valence-electron chi connectivity index (χ0n) is 11.8. The minimum Gasteiger partial charge on any atom is -0.481 e. The predicted octanol–water partition coefficient (Wildman–Crippen LogP) is 2.54. The first-order valence-corrected chi connectivity index (χ1v) is 7.64. The van der Waals surface area contributed by atoms with Crippen LogP contribution in [-0.4, -0.2) is 42.1 Å². The minimum atomic E-state index is 0.535. The van der Waals surface area contributed by atoms with Crippen LogP contribution in [0.15, 0.2) is 35.4 Å². The zero-order chi connectivity index (χ0) is 13.9. The van der Waals surface area contributed by atoms with E-state index in [0.29, 0.717) is 11.9 Å². The van der Waals surface area contributed by atoms with Crippen molar-refractivity contribution in [2.45, 2.75) is 17.9 Å². The lowest BCUT2D eigenvalue weighted by Crippen LogP contribution is -2.46. The predicted molar refractivity (Wildman–Crippen MR) is 83.2 cm³/mol. The monoisotopic (exact) mass is 289 g/mol. The van der Waals surface area contributed by atoms with Crippen molar-refractivity contribution in [1.82, 2.24) is 14.6 Å². The second-order valence-corrected chi connectivity index (χ2v) is 6.05. The highest BCUT2D eigenvalue weighted by atomic mass is 32.2. The van der Waals surface area contributed by atoms with Gasteiger partial charge in [0.15, 0.2) is 0 Å². The molecule has 1 fully saturated rings. The average Bonchev–Trinajstić information content (AvgIpc) is 2.49. The van der Waals surface area contributed by atoms with Crippen molar-refractivity contribution >= 4 is 22.7 Å². The molecule has 1 unspecified atom stereocenters. The molecule has 5 heteroatoms. The van der Waals surface area contributed by atoms with E-state index in [1.807, 2.05) is 18.1 Å². The Morgan fingerprint density at radius 3 is 3.05 bits per heavy atom. The molecule has 0 spiro atoms. The molecule has 0 radical (unpaired) electrons. The standard InChI is InChI=1S/C15H19N3OS/c1-11-10-16-8-9-18(11)20-14-5-3-4-13-12(14)6-7-17-15(13)19-2/h3-7,11,16H,8-10H2,1-2H3. The summed E-state index contributed by atoms with van der Waals surface area (Å²) in [7, 11) is 1.67. The number of nitrogens with one attached hydrogen (secondary N) is 1. The van der Waals surface area contributed by atoms with Crippen LogP contribution in [0.25, 0.3) is 10.8 Å². The first-order chi connectivity index (χ1) is 9.79. The third-order valence-electron chi connectivity index (χ3n) is 3.58. The van der Waals surface area contributed by atoms with Gasteiger partial charge >= 0.3 is 0 Å². The molecular weight excluding hydrogens is 270 g/mol. The Morgan fingerprint density at radius 1 is 1.35 bits per heavy atom. The van der Waals surface area contributed by atoms with Gasteiger partial charge in [-0.3, -0.25) is 0 Å². The fourth-order valence-corrected chi connectivity index (χ4v) is 3.58. The molecule has 1 N–H and O–H groups in total. The van der Waals surface area contributed by atoms with Gasteiger partial charge < -0.3 is 10.1 Å². The fourth-order valence-electron chi connectivity index (χ4n) is 2.48. The van der Waals surface area contributed by atoms with E-state index in [1.165, 1.54) is 10.3 Å². The van der Waals surface area contributed by atoms with E-state index >= 15 is 0 Å². The molecule has 1 aliphatic heterocycles. The van der Waals surface area contributed by atoms with Crippen molar-refractivity contribution in [2.24, 2.45) is 0 Å². The molecule has 3 rings (SSSR count). The van der Waals surface area contributed by atoms with Crippen LogP contribution in [0.2, 0.25) is 0 Å². The fraction of sp³-hybridized carbons (Fsp3) is 0.400. The van der Waals surface area contributed by atoms with Crippen molar-refractivity contribution in [2.75, 3.05) is 26.7 Å². The van der Waals surface area contributed by atoms with Gasteiger partial charge in [0.05, 0.1) is 7.11 Å². The number of hydrogen-bond donors (Lipinski definition) is 1. The Labute approximate surface area is 123 Å². The maximum absolute atomic E-state index is 5.35. The van der Waals surface area contributed by atoms with Gasteiger partial charge in [-0.25, -0.2) is 9.29 Å². The SMILES string of the molecule is COc1nccc2c(SN3CCNCC3C)cccc12. The van der Waals surface area contributed by atoms with Crippen LogP contribution in [0.5, 0.6) is 5.88 Å². The summed E-state index contributed by atoms with van der Waals surface area (Å²) >= 11 is 1.83. The van der Waals surface area contributed by atoms with Gasteiger partial charge in [0.25, 0.3) is 0 Å². The van der Waals surface area contributed by atoms with E-state index in [1.54, 1.807) is 7.11 Å². The van der Waals surface area contributed by atoms with Gasteiger partial charge in [-0.05, 0) is 37.1 Å². The van der Waals surface area contributed by atoms with E-state index in [4.69, 9.17) is 4.74 Å². The van der Waals surface area contributed by atoms with Gasteiger partial charge in [0, 0.05) is 47.5 Å². The molecule has 0 saturated carbocycles. The van der Waals surface area contributed by atoms with Crippen molar-refractivity contribution in [3.63, 3.8) is 0 Å². The second kappa shape index (κ2) is 5.99. The average molecular weight is 289 g/mol. The van der Waals surface area contributed by atoms with Crippen LogP contribution in [0.1, 0.15) is 6.92 Å². The van der Waals surface area contributed by atoms with Crippen LogP contribution in [0.3, 0.4) is 0 Å². The van der Waals surface area contributed by atoms with E-state index in [2.05, 4.69) is 45.8 Å². The summed E-state index contributed by atoms with van der Waals surface area (Å²) < 4.78 is 7.79. The molecule has 0 bridgehead atoms. The molecule has 20 heavy (non-hydrogen) atoms. The Hall–Kier alpha value is -1.30. The molecule has 1 atom stereocenters. The first-order valence-electron chi connectivity index (χ1n) is 6.86. The molecule has 1 aromatic heterocycles. The van der Waals surface area contributed by atoms with Gasteiger partial charge in [-0.15, -0.1) is 0 Å². The summed E-state index contributed by atoms with van der Waals surface area (Å²) in [6, 6.07) is 8.90. The van der Waals surface area contributed by atoms with Crippen molar-refractivity contribution in [1.29, 1.82) is 0 Å². The van der Waals surface area contributed by atoms with Gasteiger partial charge in [0.1, 0.15) is 0 Å². The Morgan fingerprint density at radius 2 is 2.25 bits per heavy atom. The first kappa shape index (κ1) is 13.7. The Balaban J connectivity index is 1.95. The number of hydrogen-bond acceptors (Lipinski definition) is 5. The zero-order valence-corrected chi connectivity index (χ0v) is 12.6. The molecular formula is C15H19N3OS. The summed E-state index contributed by atoms with van der Waals surface area (Å²) in [5.41, 5.74) is 0. The summed E-state index contributed by atoms with van der Waals surface area (Å²) in [5.74, 6) is 0.693. The minimum absolute atomic E-state index is 0.535. The summed E-state index contributed by atoms with van der Waals surface area (Å²) in [5, 5.41) is 5.70. The number of fused-ring (bicyclic) bond motifs is 1. The highest BCUT2D eigenvalue weighted by Gasteiger charge is 2.20. The van der Waals surface area contributed by atoms with E-state index < -0.39 is 0 Å². The van der Waals surface area contributed by atoms with Crippen LogP contribution in [0, 0.1) is 0 Å². The summed E-state index contributed by atoms with van der Waals surface area (Å²) in [6.07, 6.45) is 1.81. The molecule has 0 amide bonds. The maximum Gasteiger partial charge on any atom is 0.221 e. The maximum atomic E-state index is 5.35. The van der Waals surface area contributed by atoms with Gasteiger partial charge in [-0.2, -0.15) is 0 Å². The van der Waals surface area contributed by atoms with Crippen molar-refractivity contribution in [3.8, 4) is 5.88 Å². The largest absolute Gasteiger partial charge is 0.481 e. The molecule has 2 aromatic rings. The number of benzene rings is 1. The third-order valence-corrected chi connectivity index (χ3v) is 4.91. The normalized spacial score (nSPS) is 20.2. The molecule has 106 valence electrons. The van der Waals surface area contributed by atoms with Crippen LogP contribution in [-0.2, 0) is 0 Å². The van der Waals surface area contributed by atoms with Crippen LogP contribution in [0.4, 0.5) is 0 Å². The molecule has 1 saturated heterocycles. The van der Waals surface area contributed by atoms with E-state index in [0.717, 1.165) is 25.0 Å². The number of aromatic nitrogens is 1. The third kappa shape index (κ3) is 2.61. The van der Waals surface area contributed by atoms with Gasteiger partial charge in [0.2, 0.25) is 5.88 Å².